The molecule has 0 saturated heterocycles. The molecule has 0 aliphatic carbocycles. The highest BCUT2D eigenvalue weighted by Gasteiger charge is 2.15. The Balaban J connectivity index is 0.00000242. The van der Waals surface area contributed by atoms with E-state index in [0.29, 0.717) is 23.6 Å². The molecule has 0 unspecified atom stereocenters. The van der Waals surface area contributed by atoms with Gasteiger partial charge >= 0.3 is 5.63 Å². The zero-order valence-electron chi connectivity index (χ0n) is 12.9. The maximum absolute atomic E-state index is 11.6. The molecule has 1 aromatic heterocycles. The quantitative estimate of drug-likeness (QED) is 0.634. The molecule has 22 heavy (non-hydrogen) atoms. The number of nitrogens with one attached hydrogen (secondary N) is 1. The molecule has 2 rings (SSSR count). The predicted octanol–water partition coefficient (Wildman–Crippen LogP) is 4.02. The molecule has 0 fully saturated rings. The molecule has 4 nitrogen and oxygen atoms in total. The predicted molar refractivity (Wildman–Crippen MR) is 92.3 cm³/mol. The number of phenols is 1. The van der Waals surface area contributed by atoms with E-state index in [1.165, 1.54) is 6.07 Å². The summed E-state index contributed by atoms with van der Waals surface area (Å²) in [5.74, 6) is 0.567. The van der Waals surface area contributed by atoms with Crippen LogP contribution in [0.15, 0.2) is 21.3 Å². The topological polar surface area (TPSA) is 62.5 Å². The Morgan fingerprint density at radius 3 is 2.68 bits per heavy atom. The first kappa shape index (κ1) is 18.8. The highest BCUT2D eigenvalue weighted by atomic mass is 35.5. The number of halogens is 2. The fourth-order valence-electron chi connectivity index (χ4n) is 2.24. The molecule has 0 atom stereocenters. The van der Waals surface area contributed by atoms with Crippen molar-refractivity contribution in [2.24, 2.45) is 5.92 Å². The van der Waals surface area contributed by atoms with Crippen LogP contribution >= 0.6 is 24.0 Å². The van der Waals surface area contributed by atoms with Gasteiger partial charge in [-0.15, -0.1) is 12.4 Å². The first-order chi connectivity index (χ1) is 9.90. The Labute approximate surface area is 140 Å². The first-order valence-corrected chi connectivity index (χ1v) is 7.43. The van der Waals surface area contributed by atoms with E-state index < -0.39 is 5.63 Å². The van der Waals surface area contributed by atoms with Crippen molar-refractivity contribution >= 4 is 35.0 Å². The fourth-order valence-corrected chi connectivity index (χ4v) is 2.46. The summed E-state index contributed by atoms with van der Waals surface area (Å²) in [4.78, 5) is 11.6. The van der Waals surface area contributed by atoms with Gasteiger partial charge in [0, 0.05) is 18.0 Å². The molecule has 0 spiro atoms. The van der Waals surface area contributed by atoms with Crippen molar-refractivity contribution in [3.05, 3.63) is 38.7 Å². The maximum Gasteiger partial charge on any atom is 0.336 e. The average Bonchev–Trinajstić information content (AvgIpc) is 2.39. The lowest BCUT2D eigenvalue weighted by atomic mass is 10.1. The SMILES string of the molecule is Cc1cc(=O)oc2c(CNCCC(C)C)c(O)c(Cl)cc12.Cl. The molecule has 0 amide bonds. The van der Waals surface area contributed by atoms with Gasteiger partial charge in [0.05, 0.1) is 10.6 Å². The van der Waals surface area contributed by atoms with Crippen molar-refractivity contribution in [3.63, 3.8) is 0 Å². The van der Waals surface area contributed by atoms with E-state index in [1.54, 1.807) is 6.07 Å². The second kappa shape index (κ2) is 7.86. The van der Waals surface area contributed by atoms with Crippen LogP contribution < -0.4 is 10.9 Å². The Kier molecular flexibility index (Phi) is 6.72. The maximum atomic E-state index is 11.6. The van der Waals surface area contributed by atoms with Gasteiger partial charge in [0.15, 0.2) is 0 Å². The van der Waals surface area contributed by atoms with Crippen molar-refractivity contribution in [3.8, 4) is 5.75 Å². The molecule has 0 saturated carbocycles. The van der Waals surface area contributed by atoms with Crippen LogP contribution in [0.3, 0.4) is 0 Å². The highest BCUT2D eigenvalue weighted by Crippen LogP contribution is 2.35. The van der Waals surface area contributed by atoms with Gasteiger partial charge in [-0.3, -0.25) is 0 Å². The number of hydrogen-bond donors (Lipinski definition) is 2. The summed E-state index contributed by atoms with van der Waals surface area (Å²) in [6.07, 6.45) is 1.03. The van der Waals surface area contributed by atoms with Crippen LogP contribution in [0, 0.1) is 12.8 Å². The number of phenolic OH excluding ortho intramolecular Hbond substituents is 1. The van der Waals surface area contributed by atoms with Crippen LogP contribution in [0.4, 0.5) is 0 Å². The third-order valence-corrected chi connectivity index (χ3v) is 3.75. The van der Waals surface area contributed by atoms with E-state index in [1.807, 2.05) is 6.92 Å². The van der Waals surface area contributed by atoms with Crippen LogP contribution in [0.5, 0.6) is 5.75 Å². The molecule has 122 valence electrons. The standard InChI is InChI=1S/C16H20ClNO3.ClH/c1-9(2)4-5-18-8-12-15(20)13(17)7-11-10(3)6-14(19)21-16(11)12;/h6-7,9,18,20H,4-5,8H2,1-3H3;1H. The summed E-state index contributed by atoms with van der Waals surface area (Å²) in [5, 5.41) is 14.4. The molecule has 0 aliphatic rings. The van der Waals surface area contributed by atoms with E-state index in [4.69, 9.17) is 16.0 Å². The zero-order chi connectivity index (χ0) is 15.6. The van der Waals surface area contributed by atoms with Gasteiger partial charge in [0.1, 0.15) is 11.3 Å². The lowest BCUT2D eigenvalue weighted by molar-refractivity contribution is 0.458. The summed E-state index contributed by atoms with van der Waals surface area (Å²) in [6, 6.07) is 3.05. The van der Waals surface area contributed by atoms with E-state index in [-0.39, 0.29) is 23.2 Å². The van der Waals surface area contributed by atoms with Crippen LogP contribution in [0.2, 0.25) is 5.02 Å². The van der Waals surface area contributed by atoms with Gasteiger partial charge in [-0.05, 0) is 37.4 Å². The average molecular weight is 346 g/mol. The molecule has 2 aromatic rings. The van der Waals surface area contributed by atoms with E-state index in [9.17, 15) is 9.90 Å². The molecule has 0 aliphatic heterocycles. The Bertz CT molecular complexity index is 711. The largest absolute Gasteiger partial charge is 0.506 e. The van der Waals surface area contributed by atoms with Gasteiger partial charge < -0.3 is 14.8 Å². The highest BCUT2D eigenvalue weighted by molar-refractivity contribution is 6.33. The number of hydrogen-bond acceptors (Lipinski definition) is 4. The van der Waals surface area contributed by atoms with Crippen LogP contribution in [0.1, 0.15) is 31.4 Å². The minimum atomic E-state index is -0.426. The number of aryl methyl sites for hydroxylation is 1. The third kappa shape index (κ3) is 4.15. The third-order valence-electron chi connectivity index (χ3n) is 3.46. The van der Waals surface area contributed by atoms with Gasteiger partial charge in [0.25, 0.3) is 0 Å². The smallest absolute Gasteiger partial charge is 0.336 e. The second-order valence-electron chi connectivity index (χ2n) is 5.67. The number of aromatic hydroxyl groups is 1. The first-order valence-electron chi connectivity index (χ1n) is 7.05. The summed E-state index contributed by atoms with van der Waals surface area (Å²) < 4.78 is 5.27. The normalized spacial score (nSPS) is 11.0. The van der Waals surface area contributed by atoms with Crippen molar-refractivity contribution < 1.29 is 9.52 Å². The van der Waals surface area contributed by atoms with Crippen LogP contribution in [-0.4, -0.2) is 11.7 Å². The number of rotatable bonds is 5. The number of fused-ring (bicyclic) bond motifs is 1. The van der Waals surface area contributed by atoms with Gasteiger partial charge in [-0.25, -0.2) is 4.79 Å². The summed E-state index contributed by atoms with van der Waals surface area (Å²) in [7, 11) is 0. The fraction of sp³-hybridized carbons (Fsp3) is 0.438. The lowest BCUT2D eigenvalue weighted by Gasteiger charge is -2.12. The van der Waals surface area contributed by atoms with E-state index >= 15 is 0 Å². The van der Waals surface area contributed by atoms with Gasteiger partial charge in [-0.2, -0.15) is 0 Å². The van der Waals surface area contributed by atoms with E-state index in [0.717, 1.165) is 23.9 Å². The van der Waals surface area contributed by atoms with Crippen LogP contribution in [0.25, 0.3) is 11.0 Å². The van der Waals surface area contributed by atoms with Crippen LogP contribution in [-0.2, 0) is 6.54 Å². The number of benzene rings is 1. The molecule has 2 N–H and O–H groups in total. The Morgan fingerprint density at radius 2 is 2.05 bits per heavy atom. The van der Waals surface area contributed by atoms with Gasteiger partial charge in [-0.1, -0.05) is 25.4 Å². The summed E-state index contributed by atoms with van der Waals surface area (Å²) >= 11 is 6.07. The Hall–Kier alpha value is -1.23. The minimum absolute atomic E-state index is 0. The molecule has 6 heteroatoms. The minimum Gasteiger partial charge on any atom is -0.506 e. The van der Waals surface area contributed by atoms with Crippen molar-refractivity contribution in [1.82, 2.24) is 5.32 Å². The lowest BCUT2D eigenvalue weighted by Crippen LogP contribution is -2.17. The Morgan fingerprint density at radius 1 is 1.36 bits per heavy atom. The zero-order valence-corrected chi connectivity index (χ0v) is 14.5. The summed E-state index contributed by atoms with van der Waals surface area (Å²) in [6.45, 7) is 7.35. The van der Waals surface area contributed by atoms with E-state index in [2.05, 4.69) is 19.2 Å². The second-order valence-corrected chi connectivity index (χ2v) is 6.08. The molecular formula is C16H21Cl2NO3. The summed E-state index contributed by atoms with van der Waals surface area (Å²) in [5.41, 5.74) is 1.29. The molecule has 0 radical (unpaired) electrons. The van der Waals surface area contributed by atoms with Crippen molar-refractivity contribution in [1.29, 1.82) is 0 Å². The van der Waals surface area contributed by atoms with Crippen molar-refractivity contribution in [2.45, 2.75) is 33.7 Å². The molecular weight excluding hydrogens is 325 g/mol. The van der Waals surface area contributed by atoms with Gasteiger partial charge in [0.2, 0.25) is 0 Å². The molecule has 1 aromatic carbocycles. The molecule has 0 bridgehead atoms. The monoisotopic (exact) mass is 345 g/mol. The van der Waals surface area contributed by atoms with Crippen molar-refractivity contribution in [2.75, 3.05) is 6.54 Å². The molecule has 1 heterocycles.